The van der Waals surface area contributed by atoms with Crippen LogP contribution >= 0.6 is 0 Å². The first-order valence-electron chi connectivity index (χ1n) is 37.5. The molecule has 0 aromatic heterocycles. The normalized spacial score (nSPS) is 13.3. The van der Waals surface area contributed by atoms with E-state index in [0.29, 0.717) is 17.4 Å². The number of rotatable bonds is 69. The van der Waals surface area contributed by atoms with Crippen LogP contribution in [0.15, 0.2) is 109 Å². The minimum atomic E-state index is -1.63. The highest BCUT2D eigenvalue weighted by atomic mass is 16.7. The summed E-state index contributed by atoms with van der Waals surface area (Å²) < 4.78 is 22.8. The van der Waals surface area contributed by atoms with E-state index in [0.717, 1.165) is 109 Å². The van der Waals surface area contributed by atoms with Crippen LogP contribution in [-0.4, -0.2) is 82.3 Å². The summed E-state index contributed by atoms with van der Waals surface area (Å²) in [5.41, 5.74) is 0. The lowest BCUT2D eigenvalue weighted by Crippen LogP contribution is -2.44. The Morgan fingerprint density at radius 1 is 0.344 bits per heavy atom. The van der Waals surface area contributed by atoms with Crippen molar-refractivity contribution in [1.82, 2.24) is 0 Å². The van der Waals surface area contributed by atoms with Gasteiger partial charge in [0.1, 0.15) is 13.2 Å². The summed E-state index contributed by atoms with van der Waals surface area (Å²) in [5.74, 6) is -2.30. The van der Waals surface area contributed by atoms with E-state index in [4.69, 9.17) is 18.9 Å². The van der Waals surface area contributed by atoms with Crippen molar-refractivity contribution in [3.8, 4) is 0 Å². The lowest BCUT2D eigenvalue weighted by atomic mass is 10.0. The number of carboxylic acids is 1. The predicted molar refractivity (Wildman–Crippen MR) is 384 cm³/mol. The molecule has 2 atom stereocenters. The van der Waals surface area contributed by atoms with Crippen molar-refractivity contribution in [1.29, 1.82) is 0 Å². The third-order valence-corrected chi connectivity index (χ3v) is 16.3. The molecule has 9 nitrogen and oxygen atoms in total. The Bertz CT molecular complexity index is 1850. The quantitative estimate of drug-likeness (QED) is 0.0195. The SMILES string of the molecule is CC/C=C\C/C=C\C/C=C\C/C=C\C/C=C\C/C=C\C/C=C\C/C=C\C/C=C\CCCCCCCC(=O)OC(COC(=O)CCCCCCCCCCCCCCCCCCCCCCCCCCCCCCCCCC)COC(OCC[N+](C)(C)C)C(=O)[O-]. The van der Waals surface area contributed by atoms with Gasteiger partial charge in [-0.25, -0.2) is 0 Å². The smallest absolute Gasteiger partial charge is 0.306 e. The van der Waals surface area contributed by atoms with E-state index < -0.39 is 24.3 Å². The molecule has 0 radical (unpaired) electrons. The largest absolute Gasteiger partial charge is 0.545 e. The van der Waals surface area contributed by atoms with Crippen molar-refractivity contribution in [2.45, 2.75) is 341 Å². The Morgan fingerprint density at radius 3 is 0.944 bits per heavy atom. The van der Waals surface area contributed by atoms with Crippen molar-refractivity contribution in [3.05, 3.63) is 109 Å². The Morgan fingerprint density at radius 2 is 0.633 bits per heavy atom. The zero-order valence-electron chi connectivity index (χ0n) is 59.2. The standard InChI is InChI=1S/C81H141NO8/c1-6-8-10-12-14-16-18-20-22-24-26-28-30-32-34-36-38-40-42-44-46-48-50-52-54-56-58-60-62-64-66-68-70-72-79(84)90-77(76-89-81(80(85)86)87-74-73-82(3,4)5)75-88-78(83)71-69-67-65-63-61-59-57-55-53-51-49-47-45-43-41-39-37-35-33-31-29-27-25-23-21-19-17-15-13-11-9-7-2/h8,10,14,16,20,22,26,28,32,34,38,40,44,46,50,52,56,58,77,81H,6-7,9,11-13,15,17-19,21,23-25,27,29-31,33,35-37,39,41-43,45,47-49,51,53-55,57,59-76H2,1-5H3/b10-8-,16-14-,22-20-,28-26-,34-32-,40-38-,46-44-,52-50-,58-56-. The third kappa shape index (κ3) is 71.4. The highest BCUT2D eigenvalue weighted by molar-refractivity contribution is 5.70. The second kappa shape index (κ2) is 70.8. The van der Waals surface area contributed by atoms with Gasteiger partial charge in [-0.2, -0.15) is 0 Å². The van der Waals surface area contributed by atoms with Gasteiger partial charge < -0.3 is 33.3 Å². The number of hydrogen-bond donors (Lipinski definition) is 0. The molecule has 0 rings (SSSR count). The van der Waals surface area contributed by atoms with Gasteiger partial charge in [0, 0.05) is 12.8 Å². The number of likely N-dealkylation sites (N-methyl/N-ethyl adjacent to an activating group) is 1. The molecule has 0 spiro atoms. The third-order valence-electron chi connectivity index (χ3n) is 16.3. The molecule has 0 saturated heterocycles. The number of carboxylic acid groups (broad SMARTS) is 1. The molecule has 0 fully saturated rings. The maximum atomic E-state index is 12.9. The Balaban J connectivity index is 4.13. The van der Waals surface area contributed by atoms with Crippen LogP contribution in [0, 0.1) is 0 Å². The number of unbranched alkanes of at least 4 members (excludes halogenated alkanes) is 36. The van der Waals surface area contributed by atoms with E-state index in [2.05, 4.69) is 123 Å². The van der Waals surface area contributed by atoms with Crippen LogP contribution in [0.1, 0.15) is 328 Å². The lowest BCUT2D eigenvalue weighted by Gasteiger charge is -2.26. The van der Waals surface area contributed by atoms with Crippen molar-refractivity contribution >= 4 is 17.9 Å². The first-order valence-corrected chi connectivity index (χ1v) is 37.5. The van der Waals surface area contributed by atoms with Crippen LogP contribution in [-0.2, 0) is 33.3 Å². The van der Waals surface area contributed by atoms with Gasteiger partial charge in [0.2, 0.25) is 0 Å². The fourth-order valence-corrected chi connectivity index (χ4v) is 10.6. The zero-order chi connectivity index (χ0) is 65.4. The van der Waals surface area contributed by atoms with Gasteiger partial charge in [-0.15, -0.1) is 0 Å². The molecule has 0 heterocycles. The molecule has 0 N–H and O–H groups in total. The number of carbonyl (C=O) groups is 3. The summed E-state index contributed by atoms with van der Waals surface area (Å²) in [4.78, 5) is 37.5. The maximum Gasteiger partial charge on any atom is 0.306 e. The van der Waals surface area contributed by atoms with E-state index in [1.165, 1.54) is 186 Å². The maximum absolute atomic E-state index is 12.9. The van der Waals surface area contributed by atoms with Gasteiger partial charge >= 0.3 is 11.9 Å². The zero-order valence-corrected chi connectivity index (χ0v) is 59.2. The number of ether oxygens (including phenoxy) is 4. The number of hydrogen-bond acceptors (Lipinski definition) is 8. The van der Waals surface area contributed by atoms with Gasteiger partial charge in [0.05, 0.1) is 40.3 Å². The van der Waals surface area contributed by atoms with Crippen molar-refractivity contribution < 1.29 is 42.9 Å². The number of nitrogens with zero attached hydrogens (tertiary/aromatic N) is 1. The summed E-state index contributed by atoms with van der Waals surface area (Å²) >= 11 is 0. The van der Waals surface area contributed by atoms with E-state index in [-0.39, 0.29) is 38.6 Å². The molecule has 2 unspecified atom stereocenters. The van der Waals surface area contributed by atoms with Crippen LogP contribution in [0.4, 0.5) is 0 Å². The molecule has 9 heteroatoms. The van der Waals surface area contributed by atoms with Crippen LogP contribution in [0.5, 0.6) is 0 Å². The van der Waals surface area contributed by atoms with Gasteiger partial charge in [0.25, 0.3) is 0 Å². The highest BCUT2D eigenvalue weighted by Crippen LogP contribution is 2.18. The first kappa shape index (κ1) is 85.9. The summed E-state index contributed by atoms with van der Waals surface area (Å²) in [6.45, 7) is 4.65. The Hall–Kier alpha value is -4.05. The minimum absolute atomic E-state index is 0.140. The van der Waals surface area contributed by atoms with Gasteiger partial charge in [-0.1, -0.05) is 342 Å². The Labute approximate surface area is 555 Å². The molecular formula is C81H141NO8. The van der Waals surface area contributed by atoms with Crippen LogP contribution < -0.4 is 5.11 Å². The average Bonchev–Trinajstić information content (AvgIpc) is 3.72. The van der Waals surface area contributed by atoms with E-state index >= 15 is 0 Å². The second-order valence-electron chi connectivity index (χ2n) is 26.2. The number of aliphatic carboxylic acids is 1. The first-order chi connectivity index (χ1) is 44.1. The fourth-order valence-electron chi connectivity index (χ4n) is 10.6. The average molecular weight is 1260 g/mol. The fraction of sp³-hybridized carbons (Fsp3) is 0.741. The molecule has 0 aliphatic heterocycles. The molecule has 518 valence electrons. The summed E-state index contributed by atoms with van der Waals surface area (Å²) in [6, 6.07) is 0. The predicted octanol–water partition coefficient (Wildman–Crippen LogP) is 22.4. The van der Waals surface area contributed by atoms with E-state index in [1.54, 1.807) is 0 Å². The summed E-state index contributed by atoms with van der Waals surface area (Å²) in [5, 5.41) is 11.8. The van der Waals surface area contributed by atoms with E-state index in [9.17, 15) is 19.5 Å². The lowest BCUT2D eigenvalue weighted by molar-refractivity contribution is -0.870. The summed E-state index contributed by atoms with van der Waals surface area (Å²) in [7, 11) is 5.93. The van der Waals surface area contributed by atoms with E-state index in [1.807, 2.05) is 21.1 Å². The van der Waals surface area contributed by atoms with Crippen LogP contribution in [0.25, 0.3) is 0 Å². The Kier molecular flexibility index (Phi) is 67.6. The van der Waals surface area contributed by atoms with Gasteiger partial charge in [0.15, 0.2) is 12.4 Å². The van der Waals surface area contributed by atoms with Gasteiger partial charge in [-0.3, -0.25) is 9.59 Å². The highest BCUT2D eigenvalue weighted by Gasteiger charge is 2.22. The van der Waals surface area contributed by atoms with Gasteiger partial charge in [-0.05, 0) is 83.5 Å². The summed E-state index contributed by atoms with van der Waals surface area (Å²) in [6.07, 6.45) is 96.2. The topological polar surface area (TPSA) is 111 Å². The second-order valence-corrected chi connectivity index (χ2v) is 26.2. The molecule has 0 saturated carbocycles. The molecule has 0 bridgehead atoms. The number of carbonyl (C=O) groups excluding carboxylic acids is 3. The monoisotopic (exact) mass is 1260 g/mol. The van der Waals surface area contributed by atoms with Crippen LogP contribution in [0.3, 0.4) is 0 Å². The molecule has 0 aromatic rings. The molecule has 0 aliphatic carbocycles. The van der Waals surface area contributed by atoms with Crippen LogP contribution in [0.2, 0.25) is 0 Å². The molecule has 0 aromatic carbocycles. The van der Waals surface area contributed by atoms with Crippen molar-refractivity contribution in [2.75, 3.05) is 47.5 Å². The van der Waals surface area contributed by atoms with Crippen molar-refractivity contribution in [2.24, 2.45) is 0 Å². The number of esters is 2. The minimum Gasteiger partial charge on any atom is -0.545 e. The number of quaternary nitrogens is 1. The molecule has 0 aliphatic rings. The molecular weight excluding hydrogens is 1110 g/mol. The molecule has 90 heavy (non-hydrogen) atoms. The van der Waals surface area contributed by atoms with Crippen molar-refractivity contribution in [3.63, 3.8) is 0 Å². The molecule has 0 amide bonds. The number of allylic oxidation sites excluding steroid dienone is 18.